The number of carboxylic acids is 1. The van der Waals surface area contributed by atoms with E-state index in [0.29, 0.717) is 77.5 Å². The number of rotatable bonds is 15. The van der Waals surface area contributed by atoms with Crippen LogP contribution in [-0.2, 0) is 23.9 Å². The fourth-order valence-electron chi connectivity index (χ4n) is 8.90. The van der Waals surface area contributed by atoms with E-state index in [4.69, 9.17) is 35.5 Å². The molecule has 1 aromatic heterocycles. The highest BCUT2D eigenvalue weighted by Crippen LogP contribution is 2.52. The second kappa shape index (κ2) is 15.7. The maximum Gasteiger partial charge on any atom is 0.408 e. The van der Waals surface area contributed by atoms with E-state index < -0.39 is 47.6 Å². The first kappa shape index (κ1) is 38.7. The van der Waals surface area contributed by atoms with E-state index in [1.54, 1.807) is 13.0 Å². The Morgan fingerprint density at radius 1 is 1.09 bits per heavy atom. The average molecular weight is 794 g/mol. The molecule has 1 aromatic carbocycles. The molecule has 0 unspecified atom stereocenters. The summed E-state index contributed by atoms with van der Waals surface area (Å²) in [4.78, 5) is 62.5. The molecule has 8 rings (SSSR count). The van der Waals surface area contributed by atoms with E-state index in [2.05, 4.69) is 22.1 Å². The highest BCUT2D eigenvalue weighted by atomic mass is 35.5. The van der Waals surface area contributed by atoms with Crippen LogP contribution in [0.3, 0.4) is 0 Å². The third-order valence-corrected chi connectivity index (χ3v) is 12.9. The number of morpholine rings is 1. The summed E-state index contributed by atoms with van der Waals surface area (Å²) in [7, 11) is 0. The third kappa shape index (κ3) is 8.02. The first-order chi connectivity index (χ1) is 26.9. The van der Waals surface area contributed by atoms with E-state index in [-0.39, 0.29) is 30.9 Å². The number of fused-ring (bicyclic) bond motifs is 2. The molecule has 0 radical (unpaired) electrons. The molecule has 4 saturated carbocycles. The number of hydrogen-bond acceptors (Lipinski definition) is 10. The molecule has 0 spiro atoms. The quantitative estimate of drug-likeness (QED) is 0.215. The molecular formula is C41H52ClN5O9. The Morgan fingerprint density at radius 3 is 2.50 bits per heavy atom. The SMILES string of the molecule is C=C(C)[C@H](NC(=O)O[C@@H]1C[C@@H]2C[C@@H]2C1)C(=O)N1C[C@H](Oc2cc(C3CC3)nc3c(Cl)c(OCCN4CCOCC4)ccc23)C[C@H]1C(=O)N[C@]1(C(=O)O)C[C@H]1CC. The number of amides is 3. The number of hydrogen-bond donors (Lipinski definition) is 3. The van der Waals surface area contributed by atoms with Crippen LogP contribution < -0.4 is 20.1 Å². The minimum atomic E-state index is -1.39. The molecule has 302 valence electrons. The fourth-order valence-corrected chi connectivity index (χ4v) is 9.16. The van der Waals surface area contributed by atoms with Crippen LogP contribution in [0.25, 0.3) is 10.9 Å². The van der Waals surface area contributed by atoms with Crippen LogP contribution in [0, 0.1) is 17.8 Å². The molecular weight excluding hydrogens is 742 g/mol. The lowest BCUT2D eigenvalue weighted by Gasteiger charge is -2.29. The minimum Gasteiger partial charge on any atom is -0.491 e. The van der Waals surface area contributed by atoms with Crippen molar-refractivity contribution in [3.8, 4) is 11.5 Å². The summed E-state index contributed by atoms with van der Waals surface area (Å²) in [5.41, 5.74) is 0.359. The Labute approximate surface area is 331 Å². The van der Waals surface area contributed by atoms with Gasteiger partial charge >= 0.3 is 12.1 Å². The van der Waals surface area contributed by atoms with Gasteiger partial charge in [-0.25, -0.2) is 9.59 Å². The van der Waals surface area contributed by atoms with Crippen molar-refractivity contribution in [2.45, 2.75) is 101 Å². The summed E-state index contributed by atoms with van der Waals surface area (Å²) in [5, 5.41) is 16.6. The molecule has 15 heteroatoms. The summed E-state index contributed by atoms with van der Waals surface area (Å²) in [6.07, 6.45) is 4.20. The van der Waals surface area contributed by atoms with Gasteiger partial charge in [0.25, 0.3) is 0 Å². The standard InChI is InChI=1S/C41H52ClN5O9/c1-4-26-20-41(26,39(50)51)45-37(48)31-18-28(21-47(31)38(49)35(22(2)3)44-40(52)56-27-16-24-15-25(24)17-27)55-33-19-30(23-5-6-23)43-36-29(33)7-8-32(34(36)42)54-14-11-46-9-12-53-13-10-46/h7-8,19,23-28,31,35H,2,4-6,9-18,20-21H2,1,3H3,(H,44,52)(H,45,48)(H,50,51)/t24-,25+,26-,27+,28-,31+,35+,41-/m1/s1. The zero-order valence-corrected chi connectivity index (χ0v) is 32.9. The Balaban J connectivity index is 1.03. The number of benzene rings is 1. The van der Waals surface area contributed by atoms with E-state index in [0.717, 1.165) is 51.0 Å². The zero-order valence-electron chi connectivity index (χ0n) is 32.1. The number of carbonyl (C=O) groups is 4. The molecule has 14 nitrogen and oxygen atoms in total. The minimum absolute atomic E-state index is 0.000263. The second-order valence-corrected chi connectivity index (χ2v) is 17.0. The first-order valence-corrected chi connectivity index (χ1v) is 20.5. The number of ether oxygens (including phenoxy) is 4. The van der Waals surface area contributed by atoms with Crippen LogP contribution >= 0.6 is 11.6 Å². The molecule has 8 atom stereocenters. The lowest BCUT2D eigenvalue weighted by atomic mass is 10.1. The second-order valence-electron chi connectivity index (χ2n) is 16.6. The smallest absolute Gasteiger partial charge is 0.408 e. The van der Waals surface area contributed by atoms with Crippen molar-refractivity contribution >= 4 is 46.4 Å². The van der Waals surface area contributed by atoms with Gasteiger partial charge in [-0.1, -0.05) is 31.5 Å². The van der Waals surface area contributed by atoms with Crippen molar-refractivity contribution < 1.29 is 43.2 Å². The van der Waals surface area contributed by atoms with Crippen molar-refractivity contribution in [1.29, 1.82) is 0 Å². The molecule has 3 heterocycles. The highest BCUT2D eigenvalue weighted by molar-refractivity contribution is 6.36. The number of carboxylic acid groups (broad SMARTS) is 1. The van der Waals surface area contributed by atoms with Gasteiger partial charge in [0.1, 0.15) is 53.0 Å². The van der Waals surface area contributed by atoms with E-state index in [1.165, 1.54) is 11.3 Å². The van der Waals surface area contributed by atoms with Gasteiger partial charge in [-0.2, -0.15) is 0 Å². The van der Waals surface area contributed by atoms with Crippen LogP contribution in [-0.4, -0.2) is 120 Å². The normalized spacial score (nSPS) is 29.9. The Morgan fingerprint density at radius 2 is 1.84 bits per heavy atom. The number of likely N-dealkylation sites (tertiary alicyclic amines) is 1. The maximum absolute atomic E-state index is 14.4. The molecule has 6 fully saturated rings. The number of halogens is 1. The molecule has 56 heavy (non-hydrogen) atoms. The fraction of sp³-hybridized carbons (Fsp3) is 0.634. The monoisotopic (exact) mass is 793 g/mol. The van der Waals surface area contributed by atoms with Crippen LogP contribution in [0.4, 0.5) is 4.79 Å². The van der Waals surface area contributed by atoms with Gasteiger partial charge in [0.15, 0.2) is 0 Å². The topological polar surface area (TPSA) is 169 Å². The molecule has 2 aliphatic heterocycles. The van der Waals surface area contributed by atoms with E-state index in [1.807, 2.05) is 19.1 Å². The van der Waals surface area contributed by atoms with Crippen molar-refractivity contribution in [1.82, 2.24) is 25.4 Å². The summed E-state index contributed by atoms with van der Waals surface area (Å²) < 4.78 is 24.0. The number of aliphatic carboxylic acids is 1. The molecule has 3 N–H and O–H groups in total. The van der Waals surface area contributed by atoms with Crippen LogP contribution in [0.2, 0.25) is 5.02 Å². The molecule has 6 aliphatic rings. The predicted octanol–water partition coefficient (Wildman–Crippen LogP) is 4.66. The van der Waals surface area contributed by atoms with Gasteiger partial charge in [-0.05, 0) is 80.9 Å². The van der Waals surface area contributed by atoms with Crippen LogP contribution in [0.15, 0.2) is 30.4 Å². The van der Waals surface area contributed by atoms with Gasteiger partial charge in [-0.3, -0.25) is 19.5 Å². The lowest BCUT2D eigenvalue weighted by Crippen LogP contribution is -2.56. The van der Waals surface area contributed by atoms with Crippen molar-refractivity contribution in [3.63, 3.8) is 0 Å². The molecule has 2 saturated heterocycles. The molecule has 0 bridgehead atoms. The van der Waals surface area contributed by atoms with Crippen molar-refractivity contribution in [3.05, 3.63) is 41.1 Å². The first-order valence-electron chi connectivity index (χ1n) is 20.1. The van der Waals surface area contributed by atoms with Gasteiger partial charge in [-0.15, -0.1) is 0 Å². The number of nitrogens with one attached hydrogen (secondary N) is 2. The Kier molecular flexibility index (Phi) is 10.8. The number of pyridine rings is 1. The summed E-state index contributed by atoms with van der Waals surface area (Å²) >= 11 is 6.98. The van der Waals surface area contributed by atoms with Gasteiger partial charge in [0, 0.05) is 49.1 Å². The Hall–Kier alpha value is -4.14. The summed E-state index contributed by atoms with van der Waals surface area (Å²) in [6, 6.07) is 3.33. The van der Waals surface area contributed by atoms with Gasteiger partial charge in [0.05, 0.1) is 25.3 Å². The number of nitrogens with zero attached hydrogens (tertiary/aromatic N) is 3. The van der Waals surface area contributed by atoms with Gasteiger partial charge < -0.3 is 39.6 Å². The van der Waals surface area contributed by atoms with Crippen LogP contribution in [0.1, 0.15) is 76.8 Å². The third-order valence-electron chi connectivity index (χ3n) is 12.6. The molecule has 3 amide bonds. The largest absolute Gasteiger partial charge is 0.491 e. The lowest BCUT2D eigenvalue weighted by molar-refractivity contribution is -0.145. The average Bonchev–Trinajstić information content (AvgIpc) is 4.14. The summed E-state index contributed by atoms with van der Waals surface area (Å²) in [5.74, 6) is 0.0477. The van der Waals surface area contributed by atoms with Crippen molar-refractivity contribution in [2.24, 2.45) is 17.8 Å². The zero-order chi connectivity index (χ0) is 39.3. The Bertz CT molecular complexity index is 1890. The van der Waals surface area contributed by atoms with Crippen molar-refractivity contribution in [2.75, 3.05) is 46.0 Å². The number of aromatic nitrogens is 1. The van der Waals surface area contributed by atoms with Crippen LogP contribution in [0.5, 0.6) is 11.5 Å². The highest BCUT2D eigenvalue weighted by Gasteiger charge is 2.61. The number of carbonyl (C=O) groups excluding carboxylic acids is 3. The number of alkyl carbamates (subject to hydrolysis) is 1. The maximum atomic E-state index is 14.4. The predicted molar refractivity (Wildman–Crippen MR) is 206 cm³/mol. The van der Waals surface area contributed by atoms with E-state index >= 15 is 0 Å². The van der Waals surface area contributed by atoms with Gasteiger partial charge in [0.2, 0.25) is 11.8 Å². The summed E-state index contributed by atoms with van der Waals surface area (Å²) in [6.45, 7) is 11.8. The van der Waals surface area contributed by atoms with E-state index in [9.17, 15) is 24.3 Å². The molecule has 4 aliphatic carbocycles. The molecule has 2 aromatic rings.